The number of alkyl carbamates (subject to hydrolysis) is 1. The van der Waals surface area contributed by atoms with Crippen LogP contribution in [0.1, 0.15) is 82.8 Å². The van der Waals surface area contributed by atoms with Crippen molar-refractivity contribution in [1.82, 2.24) is 5.32 Å². The second-order valence-corrected chi connectivity index (χ2v) is 14.5. The van der Waals surface area contributed by atoms with Gasteiger partial charge in [-0.25, -0.2) is 14.4 Å². The second kappa shape index (κ2) is 18.3. The fraction of sp³-hybridized carbons (Fsp3) is 0.385. The summed E-state index contributed by atoms with van der Waals surface area (Å²) in [4.78, 5) is 66.8. The molecule has 13 heteroatoms. The second-order valence-electron chi connectivity index (χ2n) is 14.1. The molecule has 0 bridgehead atoms. The third-order valence-corrected chi connectivity index (χ3v) is 7.66. The summed E-state index contributed by atoms with van der Waals surface area (Å²) in [5, 5.41) is 15.1. The number of ether oxygens (including phenoxy) is 3. The third-order valence-electron chi connectivity index (χ3n) is 7.37. The third kappa shape index (κ3) is 14.2. The number of halogens is 1. The van der Waals surface area contributed by atoms with Crippen molar-refractivity contribution in [1.29, 1.82) is 0 Å². The molecule has 2 amide bonds. The van der Waals surface area contributed by atoms with Gasteiger partial charge in [-0.3, -0.25) is 14.9 Å². The van der Waals surface area contributed by atoms with Gasteiger partial charge in [-0.2, -0.15) is 0 Å². The van der Waals surface area contributed by atoms with Crippen LogP contribution in [0.2, 0.25) is 5.02 Å². The number of ketones is 1. The van der Waals surface area contributed by atoms with Crippen LogP contribution in [0.4, 0.5) is 15.3 Å². The number of anilines is 1. The Morgan fingerprint density at radius 3 is 2.02 bits per heavy atom. The number of carboxylic acid groups (broad SMARTS) is 1. The topological polar surface area (TPSA) is 170 Å². The molecular weight excluding hydrogens is 690 g/mol. The first-order valence-corrected chi connectivity index (χ1v) is 17.2. The molecule has 0 spiro atoms. The summed E-state index contributed by atoms with van der Waals surface area (Å²) in [7, 11) is 0. The van der Waals surface area contributed by atoms with Crippen molar-refractivity contribution in [2.75, 3.05) is 5.32 Å². The number of hydrogen-bond donors (Lipinski definition) is 3. The molecule has 0 radical (unpaired) electrons. The Morgan fingerprint density at radius 1 is 0.827 bits per heavy atom. The zero-order valence-electron chi connectivity index (χ0n) is 30.4. The molecule has 0 aliphatic heterocycles. The maximum absolute atomic E-state index is 13.2. The summed E-state index contributed by atoms with van der Waals surface area (Å²) in [5.41, 5.74) is 0.394. The van der Waals surface area contributed by atoms with E-state index < -0.39 is 47.2 Å². The zero-order valence-corrected chi connectivity index (χ0v) is 31.2. The van der Waals surface area contributed by atoms with Gasteiger partial charge in [0.2, 0.25) is 5.96 Å². The Morgan fingerprint density at radius 2 is 1.46 bits per heavy atom. The Balaban J connectivity index is 1.65. The number of aliphatic imine (C=N–C) groups is 1. The van der Waals surface area contributed by atoms with Crippen LogP contribution >= 0.6 is 11.6 Å². The summed E-state index contributed by atoms with van der Waals surface area (Å²) < 4.78 is 16.0. The number of esters is 1. The van der Waals surface area contributed by atoms with Crippen molar-refractivity contribution in [2.45, 2.75) is 85.4 Å². The predicted octanol–water partition coefficient (Wildman–Crippen LogP) is 8.26. The molecule has 3 N–H and O–H groups in total. The van der Waals surface area contributed by atoms with Crippen LogP contribution in [0.15, 0.2) is 77.8 Å². The van der Waals surface area contributed by atoms with Crippen LogP contribution in [0, 0.1) is 11.8 Å². The molecule has 12 nitrogen and oxygen atoms in total. The average molecular weight is 736 g/mol. The zero-order chi connectivity index (χ0) is 38.6. The minimum Gasteiger partial charge on any atom is -0.481 e. The molecule has 3 aromatic rings. The van der Waals surface area contributed by atoms with Gasteiger partial charge in [0.1, 0.15) is 22.7 Å². The first-order valence-electron chi connectivity index (χ1n) is 16.8. The van der Waals surface area contributed by atoms with Crippen LogP contribution < -0.4 is 15.4 Å². The molecule has 278 valence electrons. The molecule has 0 aliphatic carbocycles. The number of guanidine groups is 1. The maximum atomic E-state index is 13.2. The number of aliphatic carboxylic acids is 1. The van der Waals surface area contributed by atoms with Crippen molar-refractivity contribution in [3.8, 4) is 5.75 Å². The van der Waals surface area contributed by atoms with Gasteiger partial charge < -0.3 is 24.6 Å². The lowest BCUT2D eigenvalue weighted by molar-refractivity contribution is -0.142. The van der Waals surface area contributed by atoms with Crippen molar-refractivity contribution >= 4 is 53.2 Å². The number of nitrogens with one attached hydrogen (secondary N) is 2. The van der Waals surface area contributed by atoms with Crippen LogP contribution in [-0.4, -0.2) is 52.2 Å². The van der Waals surface area contributed by atoms with Gasteiger partial charge in [-0.1, -0.05) is 54.9 Å². The van der Waals surface area contributed by atoms with Crippen LogP contribution in [0.25, 0.3) is 0 Å². The van der Waals surface area contributed by atoms with E-state index in [0.717, 1.165) is 5.56 Å². The van der Waals surface area contributed by atoms with Gasteiger partial charge in [-0.15, -0.1) is 4.99 Å². The van der Waals surface area contributed by atoms with E-state index in [-0.39, 0.29) is 40.9 Å². The molecule has 0 aliphatic rings. The lowest BCUT2D eigenvalue weighted by Crippen LogP contribution is -2.40. The van der Waals surface area contributed by atoms with E-state index in [1.807, 2.05) is 37.3 Å². The number of nitrogens with zero attached hydrogens (tertiary/aromatic N) is 1. The van der Waals surface area contributed by atoms with Gasteiger partial charge in [0, 0.05) is 18.0 Å². The molecule has 0 fully saturated rings. The quantitative estimate of drug-likeness (QED) is 0.0712. The van der Waals surface area contributed by atoms with Crippen molar-refractivity contribution in [2.24, 2.45) is 16.8 Å². The highest BCUT2D eigenvalue weighted by atomic mass is 35.5. The van der Waals surface area contributed by atoms with Crippen molar-refractivity contribution < 1.29 is 43.3 Å². The van der Waals surface area contributed by atoms with E-state index in [1.54, 1.807) is 53.7 Å². The summed E-state index contributed by atoms with van der Waals surface area (Å²) in [5.74, 6) is -3.09. The van der Waals surface area contributed by atoms with E-state index >= 15 is 0 Å². The Kier molecular flexibility index (Phi) is 14.5. The average Bonchev–Trinajstić information content (AvgIpc) is 3.03. The number of carbonyl (C=O) groups is 5. The highest BCUT2D eigenvalue weighted by Gasteiger charge is 2.27. The number of rotatable bonds is 12. The number of carboxylic acids is 1. The summed E-state index contributed by atoms with van der Waals surface area (Å²) >= 11 is 6.45. The molecule has 0 saturated heterocycles. The Bertz CT molecular complexity index is 1760. The van der Waals surface area contributed by atoms with E-state index in [1.165, 1.54) is 30.3 Å². The lowest BCUT2D eigenvalue weighted by atomic mass is 9.84. The minimum absolute atomic E-state index is 0.0423. The standard InChI is InChI=1S/C39H46ClN3O9/c1-8-26(23-28(33(45)46)20-24-12-10-9-11-13-24)31(44)22-25-14-19-32(30(40)21-25)50-34(47)27-15-17-29(18-16-27)41-35(42-36(48)51-38(2,3)4)43-37(49)52-39(5,6)7/h9-19,21,26,28H,8,20,22-23H2,1-7H3,(H,45,46)(H2,41,42,43,48,49)/t26?,28-/m1/s1. The number of hydrogen-bond acceptors (Lipinski definition) is 8. The molecule has 0 saturated carbocycles. The number of amides is 2. The summed E-state index contributed by atoms with van der Waals surface area (Å²) in [6.45, 7) is 11.9. The molecule has 0 heterocycles. The van der Waals surface area contributed by atoms with Gasteiger partial charge in [0.15, 0.2) is 0 Å². The minimum atomic E-state index is -0.950. The number of benzene rings is 3. The summed E-state index contributed by atoms with van der Waals surface area (Å²) in [6.07, 6.45) is -0.719. The van der Waals surface area contributed by atoms with E-state index in [2.05, 4.69) is 15.6 Å². The summed E-state index contributed by atoms with van der Waals surface area (Å²) in [6, 6.07) is 19.9. The maximum Gasteiger partial charge on any atom is 0.437 e. The van der Waals surface area contributed by atoms with Crippen molar-refractivity contribution in [3.05, 3.63) is 94.5 Å². The largest absolute Gasteiger partial charge is 0.481 e. The highest BCUT2D eigenvalue weighted by Crippen LogP contribution is 2.28. The molecule has 0 aromatic heterocycles. The number of Topliss-reactive ketones (excluding diaryl/α,β-unsaturated/α-hetero) is 1. The smallest absolute Gasteiger partial charge is 0.437 e. The van der Waals surface area contributed by atoms with Crippen LogP contribution in [-0.2, 0) is 31.9 Å². The molecule has 1 unspecified atom stereocenters. The van der Waals surface area contributed by atoms with Gasteiger partial charge in [0.25, 0.3) is 0 Å². The normalized spacial score (nSPS) is 13.0. The Labute approximate surface area is 308 Å². The van der Waals surface area contributed by atoms with E-state index in [0.29, 0.717) is 24.1 Å². The first-order chi connectivity index (χ1) is 24.3. The van der Waals surface area contributed by atoms with E-state index in [4.69, 9.17) is 25.8 Å². The molecule has 3 rings (SSSR count). The fourth-order valence-corrected chi connectivity index (χ4v) is 5.21. The SMILES string of the molecule is CCC(C[C@@H](Cc1ccccc1)C(=O)O)C(=O)Cc1ccc(OC(=O)c2ccc(N/C(=N/C(=O)OC(C)(C)C)NC(=O)OC(C)(C)C)cc2)c(Cl)c1. The molecule has 3 aromatic carbocycles. The van der Waals surface area contributed by atoms with Crippen molar-refractivity contribution in [3.63, 3.8) is 0 Å². The number of carbonyl (C=O) groups excluding carboxylic acids is 4. The highest BCUT2D eigenvalue weighted by molar-refractivity contribution is 6.32. The monoisotopic (exact) mass is 735 g/mol. The first kappa shape index (κ1) is 41.2. The lowest BCUT2D eigenvalue weighted by Gasteiger charge is -2.21. The van der Waals surface area contributed by atoms with Gasteiger partial charge >= 0.3 is 24.1 Å². The molecule has 52 heavy (non-hydrogen) atoms. The van der Waals surface area contributed by atoms with Gasteiger partial charge in [-0.05, 0) is 108 Å². The van der Waals surface area contributed by atoms with Crippen LogP contribution in [0.3, 0.4) is 0 Å². The predicted molar refractivity (Wildman–Crippen MR) is 198 cm³/mol. The van der Waals surface area contributed by atoms with Crippen LogP contribution in [0.5, 0.6) is 5.75 Å². The fourth-order valence-electron chi connectivity index (χ4n) is 4.97. The van der Waals surface area contributed by atoms with E-state index in [9.17, 15) is 29.1 Å². The Hall–Kier alpha value is -5.23. The molecule has 2 atom stereocenters. The molecular formula is C39H46ClN3O9. The van der Waals surface area contributed by atoms with Gasteiger partial charge in [0.05, 0.1) is 16.5 Å².